The van der Waals surface area contributed by atoms with E-state index in [2.05, 4.69) is 85.3 Å². The maximum atomic E-state index is 7.99. The molecule has 0 N–H and O–H groups in total. The minimum absolute atomic E-state index is 0. The standard InChI is InChI=1S/C29H22NO2.C14H14N.Ir/c1-17(2)20-12-13-30-25(14-20)22-11-7-10-21-24-16-26-23(15-27(24)32-29(21)22)18(3)28(31-26)19-8-5-4-6-9-19;1-11(2)13-8-9-15-14(10-13)12-6-4-3-5-7-12;/h4-10,12-17H,1-3H3;3-6,8-11H,1-2H3;/q2*-1;/i;11D;. The number of benzene rings is 4. The molecule has 0 aliphatic carbocycles. The Labute approximate surface area is 296 Å². The van der Waals surface area contributed by atoms with Crippen LogP contribution < -0.4 is 0 Å². The number of hydrogen-bond donors (Lipinski definition) is 0. The van der Waals surface area contributed by atoms with E-state index < -0.39 is 5.89 Å². The van der Waals surface area contributed by atoms with Gasteiger partial charge in [-0.1, -0.05) is 92.2 Å². The van der Waals surface area contributed by atoms with E-state index in [0.29, 0.717) is 5.92 Å². The van der Waals surface area contributed by atoms with E-state index in [1.807, 2.05) is 80.7 Å². The van der Waals surface area contributed by atoms with Crippen molar-refractivity contribution in [1.82, 2.24) is 9.97 Å². The minimum atomic E-state index is -0.591. The van der Waals surface area contributed by atoms with Gasteiger partial charge in [0.05, 0.1) is 5.58 Å². The van der Waals surface area contributed by atoms with Crippen LogP contribution in [0.4, 0.5) is 0 Å². The molecule has 0 aliphatic rings. The molecule has 4 aromatic carbocycles. The van der Waals surface area contributed by atoms with Crippen LogP contribution in [0.2, 0.25) is 0 Å². The molecule has 0 atom stereocenters. The fourth-order valence-electron chi connectivity index (χ4n) is 5.89. The average molecular weight is 806 g/mol. The van der Waals surface area contributed by atoms with Gasteiger partial charge in [-0.05, 0) is 54.4 Å². The Balaban J connectivity index is 0.000000208. The molecule has 0 saturated carbocycles. The molecule has 241 valence electrons. The molecule has 4 aromatic heterocycles. The summed E-state index contributed by atoms with van der Waals surface area (Å²) in [4.78, 5) is 8.92. The molecule has 8 aromatic rings. The van der Waals surface area contributed by atoms with Crippen molar-refractivity contribution in [2.45, 2.75) is 46.4 Å². The SMILES string of the molecule is Cc1c(-c2ccccc2)oc2cc3c(cc12)oc1c(-c2cc(C(C)C)ccn2)[c-]ccc13.[2H]C(C)(C)c1ccnc(-c2[c-]cccc2)c1.[Ir]. The zero-order valence-electron chi connectivity index (χ0n) is 28.6. The van der Waals surface area contributed by atoms with E-state index in [9.17, 15) is 0 Å². The minimum Gasteiger partial charge on any atom is -0.501 e. The zero-order chi connectivity index (χ0) is 33.4. The van der Waals surface area contributed by atoms with Crippen molar-refractivity contribution in [2.75, 3.05) is 0 Å². The van der Waals surface area contributed by atoms with Crippen LogP contribution in [0.25, 0.3) is 66.7 Å². The Morgan fingerprint density at radius 2 is 1.35 bits per heavy atom. The quantitative estimate of drug-likeness (QED) is 0.163. The summed E-state index contributed by atoms with van der Waals surface area (Å²) >= 11 is 0. The molecule has 8 rings (SSSR count). The second kappa shape index (κ2) is 14.1. The molecule has 0 spiro atoms. The van der Waals surface area contributed by atoms with Crippen molar-refractivity contribution in [3.05, 3.63) is 144 Å². The van der Waals surface area contributed by atoms with Crippen LogP contribution in [0.3, 0.4) is 0 Å². The zero-order valence-corrected chi connectivity index (χ0v) is 30.0. The number of furan rings is 2. The Hall–Kier alpha value is -4.83. The second-order valence-electron chi connectivity index (χ2n) is 12.3. The first kappa shape index (κ1) is 31.8. The van der Waals surface area contributed by atoms with Crippen molar-refractivity contribution in [1.29, 1.82) is 0 Å². The van der Waals surface area contributed by atoms with E-state index in [1.54, 1.807) is 6.20 Å². The molecule has 0 amide bonds. The number of rotatable bonds is 5. The van der Waals surface area contributed by atoms with E-state index >= 15 is 0 Å². The van der Waals surface area contributed by atoms with Gasteiger partial charge in [0.25, 0.3) is 0 Å². The van der Waals surface area contributed by atoms with E-state index in [4.69, 9.17) is 10.2 Å². The summed E-state index contributed by atoms with van der Waals surface area (Å²) < 4.78 is 20.7. The Morgan fingerprint density at radius 1 is 0.667 bits per heavy atom. The normalized spacial score (nSPS) is 11.8. The van der Waals surface area contributed by atoms with Crippen LogP contribution in [-0.2, 0) is 20.1 Å². The van der Waals surface area contributed by atoms with Crippen LogP contribution >= 0.6 is 0 Å². The summed E-state index contributed by atoms with van der Waals surface area (Å²) in [5.41, 5.74) is 10.5. The average Bonchev–Trinajstić information content (AvgIpc) is 3.64. The predicted octanol–water partition coefficient (Wildman–Crippen LogP) is 12.0. The topological polar surface area (TPSA) is 52.1 Å². The summed E-state index contributed by atoms with van der Waals surface area (Å²) in [6, 6.07) is 40.7. The summed E-state index contributed by atoms with van der Waals surface area (Å²) in [7, 11) is 0. The van der Waals surface area contributed by atoms with Crippen LogP contribution in [0.1, 0.15) is 57.6 Å². The molecule has 0 unspecified atom stereocenters. The number of nitrogens with zero attached hydrogens (tertiary/aromatic N) is 2. The molecular formula is C43H36IrN2O2-2. The first-order valence-electron chi connectivity index (χ1n) is 16.4. The van der Waals surface area contributed by atoms with Gasteiger partial charge in [-0.15, -0.1) is 54.1 Å². The van der Waals surface area contributed by atoms with Crippen LogP contribution in [0, 0.1) is 19.1 Å². The Kier molecular flexibility index (Phi) is 9.33. The van der Waals surface area contributed by atoms with Gasteiger partial charge >= 0.3 is 0 Å². The van der Waals surface area contributed by atoms with Gasteiger partial charge < -0.3 is 18.8 Å². The van der Waals surface area contributed by atoms with Gasteiger partial charge in [-0.25, -0.2) is 0 Å². The summed E-state index contributed by atoms with van der Waals surface area (Å²) in [6.45, 7) is 10.2. The number of aryl methyl sites for hydroxylation is 1. The fourth-order valence-corrected chi connectivity index (χ4v) is 5.89. The molecule has 5 heteroatoms. The molecule has 0 aliphatic heterocycles. The molecular weight excluding hydrogens is 769 g/mol. The first-order valence-corrected chi connectivity index (χ1v) is 15.9. The number of aromatic nitrogens is 2. The van der Waals surface area contributed by atoms with E-state index in [0.717, 1.165) is 77.9 Å². The smallest absolute Gasteiger partial charge is 0.138 e. The van der Waals surface area contributed by atoms with Gasteiger partial charge in [0, 0.05) is 55.8 Å². The van der Waals surface area contributed by atoms with Crippen molar-refractivity contribution >= 4 is 32.9 Å². The number of fused-ring (bicyclic) bond motifs is 4. The van der Waals surface area contributed by atoms with Crippen molar-refractivity contribution in [3.63, 3.8) is 0 Å². The van der Waals surface area contributed by atoms with Crippen LogP contribution in [0.15, 0.2) is 124 Å². The first-order chi connectivity index (χ1) is 23.2. The Morgan fingerprint density at radius 3 is 2.08 bits per heavy atom. The molecule has 48 heavy (non-hydrogen) atoms. The molecule has 0 bridgehead atoms. The van der Waals surface area contributed by atoms with Crippen LogP contribution in [-0.4, -0.2) is 9.97 Å². The maximum Gasteiger partial charge on any atom is 0.138 e. The third kappa shape index (κ3) is 6.49. The largest absolute Gasteiger partial charge is 0.501 e. The molecule has 1 radical (unpaired) electrons. The van der Waals surface area contributed by atoms with Gasteiger partial charge in [0.1, 0.15) is 16.9 Å². The van der Waals surface area contributed by atoms with Crippen LogP contribution in [0.5, 0.6) is 0 Å². The van der Waals surface area contributed by atoms with Gasteiger partial charge in [0.15, 0.2) is 0 Å². The molecule has 0 saturated heterocycles. The predicted molar refractivity (Wildman–Crippen MR) is 192 cm³/mol. The van der Waals surface area contributed by atoms with E-state index in [1.165, 1.54) is 5.56 Å². The van der Waals surface area contributed by atoms with Gasteiger partial charge in [-0.2, -0.15) is 0 Å². The fraction of sp³-hybridized carbons (Fsp3) is 0.163. The van der Waals surface area contributed by atoms with Crippen molar-refractivity contribution < 1.29 is 30.3 Å². The summed E-state index contributed by atoms with van der Waals surface area (Å²) in [5, 5.41) is 3.15. The number of hydrogen-bond acceptors (Lipinski definition) is 4. The third-order valence-electron chi connectivity index (χ3n) is 8.56. The van der Waals surface area contributed by atoms with Crippen molar-refractivity contribution in [3.8, 4) is 33.8 Å². The van der Waals surface area contributed by atoms with Gasteiger partial charge in [0.2, 0.25) is 0 Å². The van der Waals surface area contributed by atoms with Crippen molar-refractivity contribution in [2.24, 2.45) is 0 Å². The maximum absolute atomic E-state index is 7.99. The molecule has 4 nitrogen and oxygen atoms in total. The van der Waals surface area contributed by atoms with Gasteiger partial charge in [-0.3, -0.25) is 0 Å². The summed E-state index contributed by atoms with van der Waals surface area (Å²) in [6.07, 6.45) is 3.61. The monoisotopic (exact) mass is 806 g/mol. The number of pyridine rings is 2. The molecule has 0 fully saturated rings. The third-order valence-corrected chi connectivity index (χ3v) is 8.56. The Bertz CT molecular complexity index is 2370. The van der Waals surface area contributed by atoms with E-state index in [-0.39, 0.29) is 20.1 Å². The second-order valence-corrected chi connectivity index (χ2v) is 12.3. The summed E-state index contributed by atoms with van der Waals surface area (Å²) in [5.74, 6) is 0.744. The molecule has 4 heterocycles.